The van der Waals surface area contributed by atoms with E-state index in [0.717, 1.165) is 17.0 Å². The summed E-state index contributed by atoms with van der Waals surface area (Å²) < 4.78 is 6.47. The lowest BCUT2D eigenvalue weighted by molar-refractivity contribution is 0.407. The van der Waals surface area contributed by atoms with Gasteiger partial charge in [-0.25, -0.2) is 0 Å². The van der Waals surface area contributed by atoms with Crippen LogP contribution in [-0.4, -0.2) is 19.9 Å². The van der Waals surface area contributed by atoms with E-state index in [2.05, 4.69) is 19.8 Å². The third kappa shape index (κ3) is 1.52. The average molecular weight is 207 g/mol. The van der Waals surface area contributed by atoms with Crippen molar-refractivity contribution in [3.05, 3.63) is 29.2 Å². The van der Waals surface area contributed by atoms with Gasteiger partial charge in [-0.05, 0) is 13.8 Å². The Bertz CT molecular complexity index is 459. The minimum atomic E-state index is -0.377. The summed E-state index contributed by atoms with van der Waals surface area (Å²) in [6.45, 7) is 3.89. The number of rotatable bonds is 2. The molecule has 0 aliphatic rings. The molecule has 1 unspecified atom stereocenters. The molecule has 0 radical (unpaired) electrons. The van der Waals surface area contributed by atoms with Gasteiger partial charge in [0.15, 0.2) is 5.82 Å². The van der Waals surface area contributed by atoms with Crippen molar-refractivity contribution >= 4 is 0 Å². The molecule has 15 heavy (non-hydrogen) atoms. The average Bonchev–Trinajstić information content (AvgIpc) is 2.76. The van der Waals surface area contributed by atoms with E-state index in [1.807, 2.05) is 20.9 Å². The minimum Gasteiger partial charge on any atom is -0.343 e. The smallest absolute Gasteiger partial charge is 0.213 e. The van der Waals surface area contributed by atoms with Crippen LogP contribution in [0.15, 0.2) is 10.9 Å². The highest BCUT2D eigenvalue weighted by Crippen LogP contribution is 2.22. The molecule has 80 valence electrons. The Morgan fingerprint density at radius 1 is 1.47 bits per heavy atom. The quantitative estimate of drug-likeness (QED) is 0.773. The van der Waals surface area contributed by atoms with Gasteiger partial charge in [-0.1, -0.05) is 5.16 Å². The molecule has 0 amide bonds. The highest BCUT2D eigenvalue weighted by Gasteiger charge is 2.21. The van der Waals surface area contributed by atoms with Gasteiger partial charge in [0.1, 0.15) is 0 Å². The normalized spacial score (nSPS) is 13.1. The Morgan fingerprint density at radius 2 is 2.20 bits per heavy atom. The molecule has 2 aromatic heterocycles. The molecule has 6 heteroatoms. The number of nitrogens with two attached hydrogens (primary N) is 1. The topological polar surface area (TPSA) is 82.8 Å². The molecule has 0 bridgehead atoms. The fraction of sp³-hybridized carbons (Fsp3) is 0.444. The zero-order valence-electron chi connectivity index (χ0n) is 8.93. The summed E-state index contributed by atoms with van der Waals surface area (Å²) in [7, 11) is 1.88. The number of nitrogens with zero attached hydrogens (tertiary/aromatic N) is 4. The molecule has 2 aromatic rings. The first-order chi connectivity index (χ1) is 7.11. The van der Waals surface area contributed by atoms with Crippen LogP contribution >= 0.6 is 0 Å². The van der Waals surface area contributed by atoms with E-state index in [9.17, 15) is 0 Å². The molecule has 0 spiro atoms. The van der Waals surface area contributed by atoms with Crippen LogP contribution in [-0.2, 0) is 7.05 Å². The summed E-state index contributed by atoms with van der Waals surface area (Å²) in [6, 6.07) is -0.377. The minimum absolute atomic E-state index is 0.377. The second kappa shape index (κ2) is 3.47. The molecule has 0 fully saturated rings. The van der Waals surface area contributed by atoms with E-state index in [1.54, 1.807) is 4.68 Å². The standard InChI is InChI=1S/C9H13N5O/c1-5-7(6(2)14(3)12-5)8(10)9-11-4-15-13-9/h4,8H,10H2,1-3H3. The highest BCUT2D eigenvalue weighted by atomic mass is 16.5. The molecular weight excluding hydrogens is 194 g/mol. The predicted octanol–water partition coefficient (Wildman–Crippen LogP) is 0.468. The van der Waals surface area contributed by atoms with Crippen LogP contribution in [0.1, 0.15) is 28.8 Å². The molecular formula is C9H13N5O. The van der Waals surface area contributed by atoms with Gasteiger partial charge in [-0.2, -0.15) is 10.1 Å². The van der Waals surface area contributed by atoms with Gasteiger partial charge in [0.25, 0.3) is 0 Å². The lowest BCUT2D eigenvalue weighted by Gasteiger charge is -2.07. The van der Waals surface area contributed by atoms with Crippen molar-refractivity contribution in [3.63, 3.8) is 0 Å². The second-order valence-corrected chi connectivity index (χ2v) is 3.48. The summed E-state index contributed by atoms with van der Waals surface area (Å²) in [6.07, 6.45) is 1.27. The van der Waals surface area contributed by atoms with Crippen LogP contribution in [0.2, 0.25) is 0 Å². The fourth-order valence-corrected chi connectivity index (χ4v) is 1.68. The summed E-state index contributed by atoms with van der Waals surface area (Å²) in [5, 5.41) is 8.03. The van der Waals surface area contributed by atoms with Crippen molar-refractivity contribution < 1.29 is 4.52 Å². The van der Waals surface area contributed by atoms with E-state index < -0.39 is 0 Å². The van der Waals surface area contributed by atoms with E-state index in [1.165, 1.54) is 6.39 Å². The van der Waals surface area contributed by atoms with Crippen molar-refractivity contribution in [1.29, 1.82) is 0 Å². The van der Waals surface area contributed by atoms with Crippen molar-refractivity contribution in [3.8, 4) is 0 Å². The molecule has 2 rings (SSSR count). The van der Waals surface area contributed by atoms with Crippen LogP contribution in [0, 0.1) is 13.8 Å². The third-order valence-corrected chi connectivity index (χ3v) is 2.53. The first kappa shape index (κ1) is 9.85. The van der Waals surface area contributed by atoms with E-state index in [0.29, 0.717) is 5.82 Å². The second-order valence-electron chi connectivity index (χ2n) is 3.48. The molecule has 2 N–H and O–H groups in total. The number of aromatic nitrogens is 4. The van der Waals surface area contributed by atoms with Gasteiger partial charge in [0.05, 0.1) is 11.7 Å². The van der Waals surface area contributed by atoms with Crippen molar-refractivity contribution in [2.24, 2.45) is 12.8 Å². The molecule has 6 nitrogen and oxygen atoms in total. The monoisotopic (exact) mass is 207 g/mol. The van der Waals surface area contributed by atoms with Crippen molar-refractivity contribution in [1.82, 2.24) is 19.9 Å². The van der Waals surface area contributed by atoms with Crippen LogP contribution in [0.25, 0.3) is 0 Å². The molecule has 0 saturated carbocycles. The Kier molecular flexibility index (Phi) is 2.28. The summed E-state index contributed by atoms with van der Waals surface area (Å²) >= 11 is 0. The molecule has 0 aromatic carbocycles. The molecule has 0 saturated heterocycles. The maximum Gasteiger partial charge on any atom is 0.213 e. The Hall–Kier alpha value is -1.69. The lowest BCUT2D eigenvalue weighted by atomic mass is 10.1. The first-order valence-electron chi connectivity index (χ1n) is 4.63. The number of hydrogen-bond donors (Lipinski definition) is 1. The van der Waals surface area contributed by atoms with Gasteiger partial charge < -0.3 is 10.3 Å². The lowest BCUT2D eigenvalue weighted by Crippen LogP contribution is -2.15. The van der Waals surface area contributed by atoms with Gasteiger partial charge in [-0.15, -0.1) is 0 Å². The summed E-state index contributed by atoms with van der Waals surface area (Å²) in [5.74, 6) is 0.481. The highest BCUT2D eigenvalue weighted by molar-refractivity contribution is 5.31. The number of hydrogen-bond acceptors (Lipinski definition) is 5. The van der Waals surface area contributed by atoms with Crippen LogP contribution in [0.4, 0.5) is 0 Å². The molecule has 1 atom stereocenters. The molecule has 0 aliphatic heterocycles. The van der Waals surface area contributed by atoms with Crippen LogP contribution in [0.3, 0.4) is 0 Å². The van der Waals surface area contributed by atoms with Gasteiger partial charge >= 0.3 is 0 Å². The Labute approximate surface area is 87.1 Å². The Morgan fingerprint density at radius 3 is 2.67 bits per heavy atom. The third-order valence-electron chi connectivity index (χ3n) is 2.53. The largest absolute Gasteiger partial charge is 0.343 e. The first-order valence-corrected chi connectivity index (χ1v) is 4.63. The van der Waals surface area contributed by atoms with E-state index >= 15 is 0 Å². The van der Waals surface area contributed by atoms with Crippen LogP contribution in [0.5, 0.6) is 0 Å². The van der Waals surface area contributed by atoms with Crippen molar-refractivity contribution in [2.45, 2.75) is 19.9 Å². The SMILES string of the molecule is Cc1nn(C)c(C)c1C(N)c1ncon1. The number of aryl methyl sites for hydroxylation is 2. The zero-order valence-corrected chi connectivity index (χ0v) is 8.93. The Balaban J connectivity index is 2.46. The zero-order chi connectivity index (χ0) is 11.0. The summed E-state index contributed by atoms with van der Waals surface area (Å²) in [5.41, 5.74) is 8.91. The van der Waals surface area contributed by atoms with E-state index in [-0.39, 0.29) is 6.04 Å². The van der Waals surface area contributed by atoms with Gasteiger partial charge in [0, 0.05) is 18.3 Å². The van der Waals surface area contributed by atoms with E-state index in [4.69, 9.17) is 5.73 Å². The summed E-state index contributed by atoms with van der Waals surface area (Å²) in [4.78, 5) is 3.94. The maximum atomic E-state index is 6.04. The van der Waals surface area contributed by atoms with Gasteiger partial charge in [0.2, 0.25) is 6.39 Å². The predicted molar refractivity (Wildman–Crippen MR) is 53.0 cm³/mol. The van der Waals surface area contributed by atoms with Crippen LogP contribution < -0.4 is 5.73 Å². The molecule has 2 heterocycles. The fourth-order valence-electron chi connectivity index (χ4n) is 1.68. The molecule has 0 aliphatic carbocycles. The van der Waals surface area contributed by atoms with Gasteiger partial charge in [-0.3, -0.25) is 4.68 Å². The van der Waals surface area contributed by atoms with Crippen molar-refractivity contribution in [2.75, 3.05) is 0 Å². The maximum absolute atomic E-state index is 6.04.